The summed E-state index contributed by atoms with van der Waals surface area (Å²) in [5.74, 6) is -0.619. The predicted octanol–water partition coefficient (Wildman–Crippen LogP) is 2.39. The summed E-state index contributed by atoms with van der Waals surface area (Å²) in [6.07, 6.45) is 2.69. The molecule has 12 nitrogen and oxygen atoms in total. The lowest BCUT2D eigenvalue weighted by atomic mass is 10.1. The number of nitrogens with one attached hydrogen (secondary N) is 3. The van der Waals surface area contributed by atoms with Crippen LogP contribution in [0.4, 0.5) is 23.0 Å². The van der Waals surface area contributed by atoms with Crippen LogP contribution < -0.4 is 20.3 Å². The summed E-state index contributed by atoms with van der Waals surface area (Å²) in [5, 5.41) is 5.77. The van der Waals surface area contributed by atoms with Crippen LogP contribution in [0.15, 0.2) is 54.7 Å². The fraction of sp³-hybridized carbons (Fsp3) is 0.308. The van der Waals surface area contributed by atoms with Gasteiger partial charge in [0.1, 0.15) is 6.54 Å². The average molecular weight is 555 g/mol. The largest absolute Gasteiger partial charge is 0.465 e. The van der Waals surface area contributed by atoms with Crippen LogP contribution in [-0.4, -0.2) is 76.0 Å². The van der Waals surface area contributed by atoms with E-state index >= 15 is 0 Å². The van der Waals surface area contributed by atoms with Crippen molar-refractivity contribution in [2.75, 3.05) is 60.6 Å². The number of ether oxygens (including phenoxy) is 2. The highest BCUT2D eigenvalue weighted by atomic mass is 32.2. The molecule has 0 atom stereocenters. The average Bonchev–Trinajstić information content (AvgIpc) is 2.92. The number of sulfonamides is 1. The van der Waals surface area contributed by atoms with Crippen molar-refractivity contribution in [2.45, 2.75) is 6.92 Å². The molecule has 13 heteroatoms. The number of carbonyl (C=O) groups excluding carboxylic acids is 2. The number of rotatable bonds is 10. The first-order valence-electron chi connectivity index (χ1n) is 12.3. The Balaban J connectivity index is 1.55. The standard InChI is InChI=1S/C26H30N6O6S/c1-3-38-24(33)17-28-25(34)21-16-20(8-9-23(21)32-12-14-37-15-13-32)29-26-27-11-10-22(30-26)18-4-6-19(7-5-18)31-39(2,35)36/h4-11,16,31H,3,12-15,17H2,1-2H3,(H,28,34)(H,27,29,30). The number of morpholine rings is 1. The van der Waals surface area contributed by atoms with E-state index in [1.165, 1.54) is 0 Å². The van der Waals surface area contributed by atoms with Gasteiger partial charge in [-0.15, -0.1) is 0 Å². The number of aromatic nitrogens is 2. The number of esters is 1. The molecule has 0 radical (unpaired) electrons. The molecule has 3 aromatic rings. The third-order valence-corrected chi connectivity index (χ3v) is 6.29. The van der Waals surface area contributed by atoms with E-state index < -0.39 is 21.9 Å². The maximum Gasteiger partial charge on any atom is 0.325 e. The van der Waals surface area contributed by atoms with Gasteiger partial charge in [0.15, 0.2) is 0 Å². The van der Waals surface area contributed by atoms with Crippen LogP contribution in [-0.2, 0) is 24.3 Å². The zero-order chi connectivity index (χ0) is 27.8. The highest BCUT2D eigenvalue weighted by molar-refractivity contribution is 7.92. The molecular weight excluding hydrogens is 524 g/mol. The second-order valence-electron chi connectivity index (χ2n) is 8.66. The number of benzene rings is 2. The second kappa shape index (κ2) is 12.5. The molecule has 1 aliphatic rings. The minimum Gasteiger partial charge on any atom is -0.465 e. The maximum atomic E-state index is 13.1. The van der Waals surface area contributed by atoms with Gasteiger partial charge in [0.05, 0.1) is 37.3 Å². The zero-order valence-corrected chi connectivity index (χ0v) is 22.5. The van der Waals surface area contributed by atoms with Gasteiger partial charge < -0.3 is 25.0 Å². The van der Waals surface area contributed by atoms with Crippen LogP contribution in [0, 0.1) is 0 Å². The minimum atomic E-state index is -3.37. The number of hydrogen-bond acceptors (Lipinski definition) is 10. The van der Waals surface area contributed by atoms with Crippen LogP contribution in [0.1, 0.15) is 17.3 Å². The van der Waals surface area contributed by atoms with Gasteiger partial charge >= 0.3 is 5.97 Å². The molecule has 39 heavy (non-hydrogen) atoms. The van der Waals surface area contributed by atoms with E-state index in [0.717, 1.165) is 17.5 Å². The van der Waals surface area contributed by atoms with Crippen molar-refractivity contribution in [1.29, 1.82) is 0 Å². The van der Waals surface area contributed by atoms with Gasteiger partial charge in [-0.1, -0.05) is 12.1 Å². The van der Waals surface area contributed by atoms with E-state index in [9.17, 15) is 18.0 Å². The van der Waals surface area contributed by atoms with E-state index in [1.807, 2.05) is 12.1 Å². The van der Waals surface area contributed by atoms with Crippen molar-refractivity contribution in [1.82, 2.24) is 15.3 Å². The Labute approximate surface area is 226 Å². The quantitative estimate of drug-likeness (QED) is 0.319. The Kier molecular flexibility index (Phi) is 8.94. The summed E-state index contributed by atoms with van der Waals surface area (Å²) < 4.78 is 35.7. The third kappa shape index (κ3) is 7.88. The summed E-state index contributed by atoms with van der Waals surface area (Å²) >= 11 is 0. The second-order valence-corrected chi connectivity index (χ2v) is 10.4. The fourth-order valence-electron chi connectivity index (χ4n) is 3.97. The predicted molar refractivity (Wildman–Crippen MR) is 148 cm³/mol. The van der Waals surface area contributed by atoms with Crippen molar-refractivity contribution >= 4 is 44.9 Å². The molecule has 206 valence electrons. The van der Waals surface area contributed by atoms with E-state index in [-0.39, 0.29) is 13.2 Å². The molecule has 1 aliphatic heterocycles. The molecule has 1 saturated heterocycles. The normalized spacial score (nSPS) is 13.4. The first-order chi connectivity index (χ1) is 18.7. The molecule has 0 aliphatic carbocycles. The minimum absolute atomic E-state index is 0.230. The van der Waals surface area contributed by atoms with Gasteiger partial charge in [0, 0.05) is 41.9 Å². The van der Waals surface area contributed by atoms with Gasteiger partial charge in [-0.2, -0.15) is 0 Å². The van der Waals surface area contributed by atoms with Gasteiger partial charge in [-0.05, 0) is 43.3 Å². The van der Waals surface area contributed by atoms with Gasteiger partial charge in [-0.25, -0.2) is 18.4 Å². The zero-order valence-electron chi connectivity index (χ0n) is 21.6. The number of amides is 1. The van der Waals surface area contributed by atoms with Crippen molar-refractivity contribution in [3.8, 4) is 11.3 Å². The van der Waals surface area contributed by atoms with E-state index in [2.05, 4.69) is 30.2 Å². The van der Waals surface area contributed by atoms with Crippen LogP contribution in [0.5, 0.6) is 0 Å². The Hall–Kier alpha value is -4.23. The number of carbonyl (C=O) groups is 2. The Morgan fingerprint density at radius 2 is 1.77 bits per heavy atom. The lowest BCUT2D eigenvalue weighted by molar-refractivity contribution is -0.141. The Bertz CT molecular complexity index is 1430. The summed E-state index contributed by atoms with van der Waals surface area (Å²) in [6.45, 7) is 4.06. The first-order valence-corrected chi connectivity index (χ1v) is 14.2. The first kappa shape index (κ1) is 27.8. The smallest absolute Gasteiger partial charge is 0.325 e. The van der Waals surface area contributed by atoms with Crippen molar-refractivity contribution in [2.24, 2.45) is 0 Å². The molecule has 4 rings (SSSR count). The maximum absolute atomic E-state index is 13.1. The van der Waals surface area contributed by atoms with Crippen molar-refractivity contribution < 1.29 is 27.5 Å². The Morgan fingerprint density at radius 1 is 1.05 bits per heavy atom. The van der Waals surface area contributed by atoms with Crippen molar-refractivity contribution in [3.63, 3.8) is 0 Å². The lowest BCUT2D eigenvalue weighted by Crippen LogP contribution is -2.38. The molecule has 0 unspecified atom stereocenters. The number of nitrogens with zero attached hydrogens (tertiary/aromatic N) is 3. The van der Waals surface area contributed by atoms with E-state index in [1.54, 1.807) is 49.5 Å². The van der Waals surface area contributed by atoms with E-state index in [0.29, 0.717) is 54.9 Å². The molecule has 1 amide bonds. The Morgan fingerprint density at radius 3 is 2.46 bits per heavy atom. The highest BCUT2D eigenvalue weighted by Crippen LogP contribution is 2.27. The lowest BCUT2D eigenvalue weighted by Gasteiger charge is -2.30. The summed E-state index contributed by atoms with van der Waals surface area (Å²) in [5.41, 5.74) is 3.52. The number of hydrogen-bond donors (Lipinski definition) is 3. The molecule has 1 fully saturated rings. The van der Waals surface area contributed by atoms with Crippen LogP contribution in [0.2, 0.25) is 0 Å². The van der Waals surface area contributed by atoms with Gasteiger partial charge in [0.2, 0.25) is 16.0 Å². The topological polar surface area (TPSA) is 152 Å². The van der Waals surface area contributed by atoms with Crippen molar-refractivity contribution in [3.05, 3.63) is 60.3 Å². The summed E-state index contributed by atoms with van der Waals surface area (Å²) in [4.78, 5) is 35.8. The van der Waals surface area contributed by atoms with Crippen LogP contribution >= 0.6 is 0 Å². The highest BCUT2D eigenvalue weighted by Gasteiger charge is 2.20. The summed E-state index contributed by atoms with van der Waals surface area (Å²) in [7, 11) is -3.37. The van der Waals surface area contributed by atoms with E-state index in [4.69, 9.17) is 9.47 Å². The van der Waals surface area contributed by atoms with Gasteiger partial charge in [-0.3, -0.25) is 14.3 Å². The number of anilines is 4. The van der Waals surface area contributed by atoms with Crippen LogP contribution in [0.25, 0.3) is 11.3 Å². The SMILES string of the molecule is CCOC(=O)CNC(=O)c1cc(Nc2nccc(-c3ccc(NS(C)(=O)=O)cc3)n2)ccc1N1CCOCC1. The monoisotopic (exact) mass is 554 g/mol. The fourth-order valence-corrected chi connectivity index (χ4v) is 4.53. The molecule has 0 bridgehead atoms. The van der Waals surface area contributed by atoms with Gasteiger partial charge in [0.25, 0.3) is 5.91 Å². The molecule has 2 aromatic carbocycles. The molecule has 3 N–H and O–H groups in total. The molecule has 1 aromatic heterocycles. The summed E-state index contributed by atoms with van der Waals surface area (Å²) in [6, 6.07) is 13.9. The molecule has 0 spiro atoms. The molecule has 2 heterocycles. The third-order valence-electron chi connectivity index (χ3n) is 5.69. The van der Waals surface area contributed by atoms with Crippen LogP contribution in [0.3, 0.4) is 0 Å². The molecule has 0 saturated carbocycles. The molecular formula is C26H30N6O6S.